The van der Waals surface area contributed by atoms with Crippen molar-refractivity contribution in [3.05, 3.63) is 60.2 Å². The molecule has 4 heterocycles. The van der Waals surface area contributed by atoms with E-state index in [0.29, 0.717) is 18.5 Å². The summed E-state index contributed by atoms with van der Waals surface area (Å²) in [5.41, 5.74) is -1.39. The van der Waals surface area contributed by atoms with Crippen molar-refractivity contribution >= 4 is 23.7 Å². The van der Waals surface area contributed by atoms with Crippen molar-refractivity contribution in [3.8, 4) is 0 Å². The zero-order valence-electron chi connectivity index (χ0n) is 26.0. The van der Waals surface area contributed by atoms with Crippen molar-refractivity contribution in [1.82, 2.24) is 15.1 Å². The van der Waals surface area contributed by atoms with Crippen LogP contribution in [0.25, 0.3) is 0 Å². The number of aliphatic hydroxyl groups excluding tert-OH is 1. The fourth-order valence-electron chi connectivity index (χ4n) is 7.00. The van der Waals surface area contributed by atoms with Crippen LogP contribution in [-0.4, -0.2) is 101 Å². The summed E-state index contributed by atoms with van der Waals surface area (Å²) in [5.74, 6) is -3.86. The third-order valence-electron chi connectivity index (χ3n) is 9.05. The predicted octanol–water partition coefficient (Wildman–Crippen LogP) is 1.91. The second-order valence-corrected chi connectivity index (χ2v) is 13.0. The van der Waals surface area contributed by atoms with Crippen molar-refractivity contribution in [2.24, 2.45) is 11.8 Å². The third-order valence-corrected chi connectivity index (χ3v) is 9.05. The average Bonchev–Trinajstić information content (AvgIpc) is 3.37. The van der Waals surface area contributed by atoms with E-state index < -0.39 is 65.2 Å². The van der Waals surface area contributed by atoms with Crippen LogP contribution >= 0.6 is 0 Å². The summed E-state index contributed by atoms with van der Waals surface area (Å²) < 4.78 is 18.4. The molecule has 4 aliphatic heterocycles. The molecule has 8 atom stereocenters. The minimum absolute atomic E-state index is 0.0784. The van der Waals surface area contributed by atoms with Gasteiger partial charge in [-0.1, -0.05) is 54.6 Å². The number of methoxy groups -OCH3 is 1. The number of likely N-dealkylation sites (tertiary alicyclic amines) is 1. The Morgan fingerprint density at radius 2 is 1.84 bits per heavy atom. The van der Waals surface area contributed by atoms with Crippen molar-refractivity contribution in [2.75, 3.05) is 26.9 Å². The monoisotopic (exact) mass is 609 g/mol. The highest BCUT2D eigenvalue weighted by Gasteiger charge is 2.72. The van der Waals surface area contributed by atoms with Crippen LogP contribution in [0, 0.1) is 11.8 Å². The van der Waals surface area contributed by atoms with Crippen molar-refractivity contribution < 1.29 is 38.5 Å². The van der Waals surface area contributed by atoms with Gasteiger partial charge in [-0.05, 0) is 39.7 Å². The first-order valence-electron chi connectivity index (χ1n) is 15.2. The normalized spacial score (nSPS) is 34.1. The molecule has 2 saturated heterocycles. The maximum atomic E-state index is 14.4. The molecule has 1 aromatic carbocycles. The Morgan fingerprint density at radius 3 is 2.50 bits per heavy atom. The summed E-state index contributed by atoms with van der Waals surface area (Å²) in [6.07, 6.45) is 5.78. The lowest BCUT2D eigenvalue weighted by atomic mass is 9.77. The number of hydrogen-bond acceptors (Lipinski definition) is 8. The molecule has 11 heteroatoms. The van der Waals surface area contributed by atoms with E-state index in [9.17, 15) is 24.3 Å². The predicted molar refractivity (Wildman–Crippen MR) is 160 cm³/mol. The lowest BCUT2D eigenvalue weighted by Crippen LogP contribution is -2.60. The van der Waals surface area contributed by atoms with E-state index in [1.54, 1.807) is 42.2 Å². The molecule has 0 aromatic heterocycles. The first-order chi connectivity index (χ1) is 20.9. The molecule has 2 N–H and O–H groups in total. The molecule has 11 nitrogen and oxygen atoms in total. The van der Waals surface area contributed by atoms with Crippen LogP contribution in [0.3, 0.4) is 0 Å². The summed E-state index contributed by atoms with van der Waals surface area (Å²) in [7, 11) is 1.50. The number of benzene rings is 1. The second kappa shape index (κ2) is 12.5. The molecule has 4 aliphatic rings. The molecule has 0 saturated carbocycles. The molecule has 1 aromatic rings. The van der Waals surface area contributed by atoms with Gasteiger partial charge in [-0.3, -0.25) is 19.2 Å². The fourth-order valence-corrected chi connectivity index (χ4v) is 7.00. The molecular weight excluding hydrogens is 566 g/mol. The van der Waals surface area contributed by atoms with E-state index in [1.807, 2.05) is 45.0 Å². The number of rotatable bonds is 5. The molecule has 0 bridgehead atoms. The van der Waals surface area contributed by atoms with E-state index in [1.165, 1.54) is 12.0 Å². The molecule has 0 aliphatic carbocycles. The van der Waals surface area contributed by atoms with Crippen LogP contribution in [0.5, 0.6) is 0 Å². The van der Waals surface area contributed by atoms with Crippen molar-refractivity contribution in [3.63, 3.8) is 0 Å². The van der Waals surface area contributed by atoms with Gasteiger partial charge < -0.3 is 34.4 Å². The van der Waals surface area contributed by atoms with Gasteiger partial charge >= 0.3 is 5.97 Å². The van der Waals surface area contributed by atoms with Crippen LogP contribution < -0.4 is 5.32 Å². The Bertz CT molecular complexity index is 1320. The molecule has 0 radical (unpaired) electrons. The van der Waals surface area contributed by atoms with Crippen LogP contribution in [0.4, 0.5) is 0 Å². The SMILES string of the molecule is COC[C@@H]1NC(=O)CC/C=C\[C@@H]2O[C@@]34C=CCN(C(C)(C)C)C(=O)[C@@H]3N([C@H](C)CO)C(=O)[C@H]4[C@@H]2C(=O)O[C@H]1c1ccccc1. The van der Waals surface area contributed by atoms with Crippen LogP contribution in [0.15, 0.2) is 54.6 Å². The van der Waals surface area contributed by atoms with Crippen molar-refractivity contribution in [1.29, 1.82) is 0 Å². The Labute approximate surface area is 258 Å². The van der Waals surface area contributed by atoms with Gasteiger partial charge in [0.15, 0.2) is 0 Å². The summed E-state index contributed by atoms with van der Waals surface area (Å²) in [5, 5.41) is 13.1. The molecule has 0 unspecified atom stereocenters. The number of esters is 1. The number of carbonyl (C=O) groups excluding carboxylic acids is 4. The van der Waals surface area contributed by atoms with Gasteiger partial charge in [0.25, 0.3) is 0 Å². The van der Waals surface area contributed by atoms with Gasteiger partial charge in [-0.2, -0.15) is 0 Å². The Hall–Kier alpha value is -3.54. The Balaban J connectivity index is 1.63. The summed E-state index contributed by atoms with van der Waals surface area (Å²) in [6, 6.07) is 6.57. The van der Waals surface area contributed by atoms with Crippen LogP contribution in [-0.2, 0) is 33.4 Å². The Morgan fingerprint density at radius 1 is 1.11 bits per heavy atom. The molecule has 5 rings (SSSR count). The second-order valence-electron chi connectivity index (χ2n) is 13.0. The number of nitrogens with one attached hydrogen (secondary N) is 1. The number of amides is 3. The molecule has 2 fully saturated rings. The largest absolute Gasteiger partial charge is 0.455 e. The third kappa shape index (κ3) is 5.57. The first kappa shape index (κ1) is 31.9. The number of fused-ring (bicyclic) bond motifs is 2. The van der Waals surface area contributed by atoms with E-state index in [0.717, 1.165) is 0 Å². The quantitative estimate of drug-likeness (QED) is 0.382. The fraction of sp³-hybridized carbons (Fsp3) is 0.576. The molecule has 1 spiro atoms. The number of cyclic esters (lactones) is 1. The maximum Gasteiger partial charge on any atom is 0.313 e. The summed E-state index contributed by atoms with van der Waals surface area (Å²) in [4.78, 5) is 59.1. The average molecular weight is 610 g/mol. The van der Waals surface area contributed by atoms with E-state index in [-0.39, 0.29) is 31.4 Å². The highest BCUT2D eigenvalue weighted by molar-refractivity contribution is 5.99. The number of carbonyl (C=O) groups is 4. The number of aliphatic hydroxyl groups is 1. The molecule has 3 amide bonds. The highest BCUT2D eigenvalue weighted by Crippen LogP contribution is 2.54. The van der Waals surface area contributed by atoms with E-state index in [4.69, 9.17) is 14.2 Å². The van der Waals surface area contributed by atoms with Gasteiger partial charge in [0.1, 0.15) is 23.7 Å². The van der Waals surface area contributed by atoms with E-state index >= 15 is 0 Å². The minimum atomic E-state index is -1.47. The smallest absolute Gasteiger partial charge is 0.313 e. The lowest BCUT2D eigenvalue weighted by Gasteiger charge is -2.41. The zero-order chi connectivity index (χ0) is 31.8. The maximum absolute atomic E-state index is 14.4. The van der Waals surface area contributed by atoms with Gasteiger partial charge in [0.05, 0.1) is 37.3 Å². The van der Waals surface area contributed by atoms with Gasteiger partial charge in [-0.15, -0.1) is 0 Å². The van der Waals surface area contributed by atoms with Gasteiger partial charge in [0.2, 0.25) is 17.7 Å². The number of nitrogens with zero attached hydrogens (tertiary/aromatic N) is 2. The molecule has 44 heavy (non-hydrogen) atoms. The highest BCUT2D eigenvalue weighted by atomic mass is 16.6. The molecule has 238 valence electrons. The summed E-state index contributed by atoms with van der Waals surface area (Å²) >= 11 is 0. The van der Waals surface area contributed by atoms with Gasteiger partial charge in [-0.25, -0.2) is 0 Å². The topological polar surface area (TPSA) is 135 Å². The van der Waals surface area contributed by atoms with Gasteiger partial charge in [0, 0.05) is 25.6 Å². The van der Waals surface area contributed by atoms with Crippen LogP contribution in [0.1, 0.15) is 52.2 Å². The lowest BCUT2D eigenvalue weighted by molar-refractivity contribution is -0.163. The Kier molecular flexibility index (Phi) is 9.02. The number of ether oxygens (including phenoxy) is 3. The zero-order valence-corrected chi connectivity index (χ0v) is 26.0. The first-order valence-corrected chi connectivity index (χ1v) is 15.2. The summed E-state index contributed by atoms with van der Waals surface area (Å²) in [6.45, 7) is 7.44. The van der Waals surface area contributed by atoms with Crippen molar-refractivity contribution in [2.45, 2.75) is 82.0 Å². The molecular formula is C33H43N3O8. The minimum Gasteiger partial charge on any atom is -0.455 e. The number of allylic oxidation sites excluding steroid dienone is 1. The van der Waals surface area contributed by atoms with E-state index in [2.05, 4.69) is 5.32 Å². The van der Waals surface area contributed by atoms with Crippen LogP contribution in [0.2, 0.25) is 0 Å². The standard InChI is InChI=1S/C33H43N3O8/c1-20(18-37)36-28-30(40)35(32(2,3)4)17-11-16-33(28)26(29(36)39)25-23(44-33)14-9-10-15-24(38)34-22(19-42-5)27(43-31(25)41)21-12-7-6-8-13-21/h6-9,11-14,16,20,22-23,25-28,37H,10,15,17-19H2,1-5H3,(H,34,38)/b14-9-/t20-,22+,23+,25-,26-,27+,28+,33-/m1/s1. The number of hydrogen-bond donors (Lipinski definition) is 2.